The van der Waals surface area contributed by atoms with Gasteiger partial charge >= 0.3 is 0 Å². The van der Waals surface area contributed by atoms with Gasteiger partial charge in [0.05, 0.1) is 5.02 Å². The molecule has 0 saturated heterocycles. The lowest BCUT2D eigenvalue weighted by Crippen LogP contribution is -2.06. The zero-order valence-corrected chi connectivity index (χ0v) is 12.2. The zero-order chi connectivity index (χ0) is 13.8. The van der Waals surface area contributed by atoms with Gasteiger partial charge in [0.15, 0.2) is 0 Å². The van der Waals surface area contributed by atoms with Crippen LogP contribution in [0.25, 0.3) is 0 Å². The van der Waals surface area contributed by atoms with Crippen molar-refractivity contribution < 1.29 is 4.74 Å². The number of ether oxygens (including phenoxy) is 1. The Bertz CT molecular complexity index is 561. The minimum Gasteiger partial charge on any atom is -0.469 e. The average molecular weight is 297 g/mol. The maximum absolute atomic E-state index is 6.09. The highest BCUT2D eigenvalue weighted by molar-refractivity contribution is 6.36. The lowest BCUT2D eigenvalue weighted by atomic mass is 10.1. The molecule has 0 bridgehead atoms. The van der Waals surface area contributed by atoms with Crippen LogP contribution in [-0.2, 0) is 0 Å². The van der Waals surface area contributed by atoms with Crippen molar-refractivity contribution >= 4 is 29.0 Å². The van der Waals surface area contributed by atoms with Gasteiger partial charge in [-0.05, 0) is 18.6 Å². The molecular formula is C14H14Cl2N2O. The predicted molar refractivity (Wildman–Crippen MR) is 79.3 cm³/mol. The molecule has 0 amide bonds. The molecule has 1 atom stereocenters. The zero-order valence-electron chi connectivity index (χ0n) is 10.7. The third kappa shape index (κ3) is 3.31. The predicted octanol–water partition coefficient (Wildman–Crippen LogP) is 4.57. The molecule has 0 aliphatic rings. The number of aromatic nitrogens is 1. The van der Waals surface area contributed by atoms with E-state index in [4.69, 9.17) is 27.9 Å². The highest BCUT2D eigenvalue weighted by atomic mass is 35.5. The molecule has 2 aromatic rings. The summed E-state index contributed by atoms with van der Waals surface area (Å²) in [6, 6.07) is 11.5. The Morgan fingerprint density at radius 2 is 1.84 bits per heavy atom. The van der Waals surface area contributed by atoms with E-state index in [-0.39, 0.29) is 6.10 Å². The Morgan fingerprint density at radius 3 is 2.47 bits per heavy atom. The first-order valence-electron chi connectivity index (χ1n) is 5.87. The molecule has 0 aliphatic carbocycles. The highest BCUT2D eigenvalue weighted by Gasteiger charge is 2.13. The Hall–Kier alpha value is -1.45. The number of nitrogens with one attached hydrogen (secondary N) is 1. The van der Waals surface area contributed by atoms with Crippen molar-refractivity contribution in [1.29, 1.82) is 0 Å². The molecule has 0 saturated carbocycles. The van der Waals surface area contributed by atoms with E-state index in [1.807, 2.05) is 37.3 Å². The van der Waals surface area contributed by atoms with Crippen LogP contribution in [0.2, 0.25) is 10.0 Å². The molecule has 2 rings (SSSR count). The fourth-order valence-electron chi connectivity index (χ4n) is 1.67. The molecular weight excluding hydrogens is 283 g/mol. The molecule has 1 unspecified atom stereocenters. The maximum atomic E-state index is 6.09. The monoisotopic (exact) mass is 296 g/mol. The molecule has 0 spiro atoms. The van der Waals surface area contributed by atoms with Crippen molar-refractivity contribution in [2.24, 2.45) is 0 Å². The number of benzene rings is 1. The first-order chi connectivity index (χ1) is 9.11. The SMILES string of the molecule is CNc1nc(OC(C)c2ccccc2)c(Cl)cc1Cl. The molecule has 0 radical (unpaired) electrons. The Morgan fingerprint density at radius 1 is 1.16 bits per heavy atom. The summed E-state index contributed by atoms with van der Waals surface area (Å²) in [6.07, 6.45) is -0.142. The van der Waals surface area contributed by atoms with Crippen molar-refractivity contribution in [3.05, 3.63) is 52.0 Å². The number of rotatable bonds is 4. The first kappa shape index (κ1) is 14.0. The van der Waals surface area contributed by atoms with E-state index in [1.54, 1.807) is 13.1 Å². The van der Waals surface area contributed by atoms with Crippen molar-refractivity contribution in [2.75, 3.05) is 12.4 Å². The molecule has 5 heteroatoms. The molecule has 100 valence electrons. The van der Waals surface area contributed by atoms with Gasteiger partial charge in [-0.2, -0.15) is 4.98 Å². The van der Waals surface area contributed by atoms with Gasteiger partial charge in [0.2, 0.25) is 5.88 Å². The van der Waals surface area contributed by atoms with Crippen molar-refractivity contribution in [2.45, 2.75) is 13.0 Å². The third-order valence-corrected chi connectivity index (χ3v) is 3.25. The average Bonchev–Trinajstić information content (AvgIpc) is 2.42. The fraction of sp³-hybridized carbons (Fsp3) is 0.214. The van der Waals surface area contributed by atoms with Gasteiger partial charge in [0.1, 0.15) is 16.9 Å². The number of pyridine rings is 1. The fourth-order valence-corrected chi connectivity index (χ4v) is 2.16. The summed E-state index contributed by atoms with van der Waals surface area (Å²) in [7, 11) is 1.74. The Labute approximate surface area is 122 Å². The van der Waals surface area contributed by atoms with E-state index in [0.29, 0.717) is 21.7 Å². The lowest BCUT2D eigenvalue weighted by Gasteiger charge is -2.16. The molecule has 1 heterocycles. The van der Waals surface area contributed by atoms with Crippen molar-refractivity contribution in [3.63, 3.8) is 0 Å². The summed E-state index contributed by atoms with van der Waals surface area (Å²) < 4.78 is 5.79. The van der Waals surface area contributed by atoms with Crippen molar-refractivity contribution in [3.8, 4) is 5.88 Å². The number of nitrogens with zero attached hydrogens (tertiary/aromatic N) is 1. The molecule has 1 aromatic carbocycles. The first-order valence-corrected chi connectivity index (χ1v) is 6.62. The van der Waals surface area contributed by atoms with Gasteiger partial charge in [-0.3, -0.25) is 0 Å². The van der Waals surface area contributed by atoms with Crippen molar-refractivity contribution in [1.82, 2.24) is 4.98 Å². The third-order valence-electron chi connectivity index (χ3n) is 2.69. The Balaban J connectivity index is 2.24. The molecule has 19 heavy (non-hydrogen) atoms. The number of halogens is 2. The number of anilines is 1. The van der Waals surface area contributed by atoms with Crippen LogP contribution < -0.4 is 10.1 Å². The van der Waals surface area contributed by atoms with Gasteiger partial charge in [-0.25, -0.2) is 0 Å². The molecule has 1 N–H and O–H groups in total. The van der Waals surface area contributed by atoms with Crippen LogP contribution in [0.4, 0.5) is 5.82 Å². The van der Waals surface area contributed by atoms with Crippen LogP contribution in [0.3, 0.4) is 0 Å². The van der Waals surface area contributed by atoms with Crippen LogP contribution in [0.15, 0.2) is 36.4 Å². The standard InChI is InChI=1S/C14H14Cl2N2O/c1-9(10-6-4-3-5-7-10)19-14-12(16)8-11(15)13(17-2)18-14/h3-9H,1-2H3,(H,17,18). The number of hydrogen-bond donors (Lipinski definition) is 1. The summed E-state index contributed by atoms with van der Waals surface area (Å²) >= 11 is 12.1. The minimum atomic E-state index is -0.142. The van der Waals surface area contributed by atoms with Gasteiger partial charge in [0.25, 0.3) is 0 Å². The van der Waals surface area contributed by atoms with Gasteiger partial charge in [0, 0.05) is 7.05 Å². The van der Waals surface area contributed by atoms with Crippen LogP contribution >= 0.6 is 23.2 Å². The van der Waals surface area contributed by atoms with E-state index < -0.39 is 0 Å². The van der Waals surface area contributed by atoms with E-state index in [0.717, 1.165) is 5.56 Å². The van der Waals surface area contributed by atoms with Crippen LogP contribution in [0.1, 0.15) is 18.6 Å². The highest BCUT2D eigenvalue weighted by Crippen LogP contribution is 2.32. The van der Waals surface area contributed by atoms with Crippen LogP contribution in [-0.4, -0.2) is 12.0 Å². The largest absolute Gasteiger partial charge is 0.469 e. The summed E-state index contributed by atoms with van der Waals surface area (Å²) in [5.41, 5.74) is 1.06. The summed E-state index contributed by atoms with van der Waals surface area (Å²) in [5, 5.41) is 3.75. The second-order valence-electron chi connectivity index (χ2n) is 4.03. The Kier molecular flexibility index (Phi) is 4.51. The minimum absolute atomic E-state index is 0.142. The van der Waals surface area contributed by atoms with E-state index in [9.17, 15) is 0 Å². The smallest absolute Gasteiger partial charge is 0.235 e. The summed E-state index contributed by atoms with van der Waals surface area (Å²) in [4.78, 5) is 4.26. The van der Waals surface area contributed by atoms with E-state index in [1.165, 1.54) is 0 Å². The van der Waals surface area contributed by atoms with E-state index >= 15 is 0 Å². The normalized spacial score (nSPS) is 12.0. The van der Waals surface area contributed by atoms with Crippen LogP contribution in [0.5, 0.6) is 5.88 Å². The molecule has 0 aliphatic heterocycles. The molecule has 0 fully saturated rings. The topological polar surface area (TPSA) is 34.2 Å². The molecule has 3 nitrogen and oxygen atoms in total. The van der Waals surface area contributed by atoms with Crippen LogP contribution in [0, 0.1) is 0 Å². The second-order valence-corrected chi connectivity index (χ2v) is 4.84. The van der Waals surface area contributed by atoms with Gasteiger partial charge in [-0.15, -0.1) is 0 Å². The summed E-state index contributed by atoms with van der Waals surface area (Å²) in [6.45, 7) is 1.95. The van der Waals surface area contributed by atoms with Gasteiger partial charge < -0.3 is 10.1 Å². The number of hydrogen-bond acceptors (Lipinski definition) is 3. The summed E-state index contributed by atoms with van der Waals surface area (Å²) in [5.74, 6) is 0.910. The lowest BCUT2D eigenvalue weighted by molar-refractivity contribution is 0.218. The van der Waals surface area contributed by atoms with Gasteiger partial charge in [-0.1, -0.05) is 53.5 Å². The maximum Gasteiger partial charge on any atom is 0.235 e. The van der Waals surface area contributed by atoms with E-state index in [2.05, 4.69) is 10.3 Å². The quantitative estimate of drug-likeness (QED) is 0.897. The second kappa shape index (κ2) is 6.13. The molecule has 1 aromatic heterocycles.